The second-order valence-corrected chi connectivity index (χ2v) is 6.47. The average Bonchev–Trinajstić information content (AvgIpc) is 2.67. The van der Waals surface area contributed by atoms with Crippen LogP contribution in [0.4, 0.5) is 0 Å². The number of aliphatic carboxylic acids is 1. The van der Waals surface area contributed by atoms with Crippen LogP contribution in [0.15, 0.2) is 42.5 Å². The monoisotopic (exact) mass is 385 g/mol. The molecule has 28 heavy (non-hydrogen) atoms. The molecule has 2 aromatic rings. The molecule has 1 unspecified atom stereocenters. The Labute approximate surface area is 163 Å². The average molecular weight is 385 g/mol. The van der Waals surface area contributed by atoms with E-state index < -0.39 is 17.4 Å². The van der Waals surface area contributed by atoms with Crippen LogP contribution in [0.1, 0.15) is 35.3 Å². The Morgan fingerprint density at radius 3 is 2.18 bits per heavy atom. The van der Waals surface area contributed by atoms with Crippen LogP contribution in [0, 0.1) is 0 Å². The van der Waals surface area contributed by atoms with Gasteiger partial charge in [-0.15, -0.1) is 0 Å². The Bertz CT molecular complexity index is 890. The summed E-state index contributed by atoms with van der Waals surface area (Å²) >= 11 is 0. The second kappa shape index (κ2) is 8.56. The van der Waals surface area contributed by atoms with Crippen molar-refractivity contribution in [2.45, 2.75) is 25.8 Å². The van der Waals surface area contributed by atoms with Gasteiger partial charge in [-0.05, 0) is 49.7 Å². The van der Waals surface area contributed by atoms with E-state index in [9.17, 15) is 19.5 Å². The van der Waals surface area contributed by atoms with Crippen LogP contribution in [-0.2, 0) is 21.5 Å². The Morgan fingerprint density at radius 2 is 1.68 bits per heavy atom. The molecule has 0 aromatic heterocycles. The molecule has 7 heteroatoms. The number of benzene rings is 2. The fourth-order valence-corrected chi connectivity index (χ4v) is 2.81. The van der Waals surface area contributed by atoms with Gasteiger partial charge >= 0.3 is 5.97 Å². The minimum atomic E-state index is -1.63. The highest BCUT2D eigenvalue weighted by Crippen LogP contribution is 2.25. The van der Waals surface area contributed by atoms with Gasteiger partial charge in [0, 0.05) is 11.1 Å². The molecule has 0 radical (unpaired) electrons. The van der Waals surface area contributed by atoms with E-state index in [2.05, 4.69) is 5.32 Å². The first kappa shape index (κ1) is 21.0. The number of ether oxygens (including phenoxy) is 2. The van der Waals surface area contributed by atoms with Gasteiger partial charge in [0.1, 0.15) is 11.5 Å². The number of carboxylic acid groups (broad SMARTS) is 1. The van der Waals surface area contributed by atoms with Gasteiger partial charge in [0.2, 0.25) is 5.91 Å². The number of hydrogen-bond donors (Lipinski definition) is 2. The molecule has 2 N–H and O–H groups in total. The van der Waals surface area contributed by atoms with Gasteiger partial charge in [-0.25, -0.2) is 4.79 Å². The molecule has 0 saturated carbocycles. The maximum absolute atomic E-state index is 12.6. The molecule has 0 bridgehead atoms. The molecule has 0 fully saturated rings. The number of carbonyl (C=O) groups excluding carboxylic acids is 2. The molecule has 0 aliphatic heterocycles. The summed E-state index contributed by atoms with van der Waals surface area (Å²) < 4.78 is 10.3. The van der Waals surface area contributed by atoms with E-state index in [1.807, 2.05) is 0 Å². The molecule has 0 saturated heterocycles. The number of amides is 1. The number of Topliss-reactive ketones (excluding diaryl/α,β-unsaturated/α-hetero) is 1. The van der Waals surface area contributed by atoms with Crippen molar-refractivity contribution in [3.8, 4) is 11.5 Å². The smallest absolute Gasteiger partial charge is 0.333 e. The van der Waals surface area contributed by atoms with Gasteiger partial charge in [-0.2, -0.15) is 0 Å². The van der Waals surface area contributed by atoms with Gasteiger partial charge < -0.3 is 19.9 Å². The van der Waals surface area contributed by atoms with E-state index in [1.165, 1.54) is 28.1 Å². The normalized spacial score (nSPS) is 12.6. The summed E-state index contributed by atoms with van der Waals surface area (Å²) in [6.07, 6.45) is -0.136. The first-order chi connectivity index (χ1) is 13.2. The SMILES string of the molecule is COc1ccc(C(C)(NC(=O)Cc2cc(C(C)=O)ccc2OC)C(=O)O)cc1. The highest BCUT2D eigenvalue weighted by atomic mass is 16.5. The van der Waals surface area contributed by atoms with Crippen molar-refractivity contribution < 1.29 is 29.0 Å². The Balaban J connectivity index is 2.29. The maximum Gasteiger partial charge on any atom is 0.333 e. The number of carbonyl (C=O) groups is 3. The van der Waals surface area contributed by atoms with E-state index in [0.717, 1.165) is 0 Å². The fraction of sp³-hybridized carbons (Fsp3) is 0.286. The van der Waals surface area contributed by atoms with E-state index in [0.29, 0.717) is 28.2 Å². The summed E-state index contributed by atoms with van der Waals surface area (Å²) in [4.78, 5) is 36.2. The van der Waals surface area contributed by atoms with Gasteiger partial charge in [-0.3, -0.25) is 9.59 Å². The molecule has 0 aliphatic carbocycles. The van der Waals surface area contributed by atoms with Gasteiger partial charge in [-0.1, -0.05) is 12.1 Å². The Kier molecular flexibility index (Phi) is 6.41. The summed E-state index contributed by atoms with van der Waals surface area (Å²) in [5, 5.41) is 12.3. The summed E-state index contributed by atoms with van der Waals surface area (Å²) in [6.45, 7) is 2.84. The van der Waals surface area contributed by atoms with Crippen LogP contribution >= 0.6 is 0 Å². The lowest BCUT2D eigenvalue weighted by atomic mass is 9.91. The number of hydrogen-bond acceptors (Lipinski definition) is 5. The number of carboxylic acids is 1. The van der Waals surface area contributed by atoms with Crippen LogP contribution < -0.4 is 14.8 Å². The highest BCUT2D eigenvalue weighted by Gasteiger charge is 2.37. The minimum Gasteiger partial charge on any atom is -0.497 e. The Hall–Kier alpha value is -3.35. The molecule has 1 atom stereocenters. The van der Waals surface area contributed by atoms with E-state index >= 15 is 0 Å². The van der Waals surface area contributed by atoms with Gasteiger partial charge in [0.15, 0.2) is 11.3 Å². The summed E-state index contributed by atoms with van der Waals surface area (Å²) in [5.41, 5.74) is -0.289. The minimum absolute atomic E-state index is 0.136. The molecule has 0 heterocycles. The van der Waals surface area contributed by atoms with E-state index in [1.54, 1.807) is 42.5 Å². The maximum atomic E-state index is 12.6. The summed E-state index contributed by atoms with van der Waals surface area (Å²) in [7, 11) is 2.97. The van der Waals surface area contributed by atoms with Crippen LogP contribution in [0.5, 0.6) is 11.5 Å². The third kappa shape index (κ3) is 4.49. The fourth-order valence-electron chi connectivity index (χ4n) is 2.81. The molecule has 2 aromatic carbocycles. The number of ketones is 1. The lowest BCUT2D eigenvalue weighted by molar-refractivity contribution is -0.147. The third-order valence-corrected chi connectivity index (χ3v) is 4.52. The van der Waals surface area contributed by atoms with Gasteiger partial charge in [0.05, 0.1) is 20.6 Å². The molecule has 0 spiro atoms. The number of rotatable bonds is 8. The standard InChI is InChI=1S/C21H23NO6/c1-13(23)14-5-10-18(28-4)15(11-14)12-19(24)22-21(2,20(25)26)16-6-8-17(27-3)9-7-16/h5-11H,12H2,1-4H3,(H,22,24)(H,25,26). The van der Waals surface area contributed by atoms with Gasteiger partial charge in [0.25, 0.3) is 0 Å². The molecule has 7 nitrogen and oxygen atoms in total. The second-order valence-electron chi connectivity index (χ2n) is 6.47. The summed E-state index contributed by atoms with van der Waals surface area (Å²) in [6, 6.07) is 11.2. The van der Waals surface area contributed by atoms with Crippen molar-refractivity contribution in [2.24, 2.45) is 0 Å². The van der Waals surface area contributed by atoms with Crippen molar-refractivity contribution in [2.75, 3.05) is 14.2 Å². The zero-order valence-corrected chi connectivity index (χ0v) is 16.2. The third-order valence-electron chi connectivity index (χ3n) is 4.52. The topological polar surface area (TPSA) is 102 Å². The lowest BCUT2D eigenvalue weighted by Crippen LogP contribution is -2.50. The number of nitrogens with one attached hydrogen (secondary N) is 1. The molecule has 0 aliphatic rings. The molecule has 1 amide bonds. The molecular weight excluding hydrogens is 362 g/mol. The largest absolute Gasteiger partial charge is 0.497 e. The molecule has 2 rings (SSSR count). The first-order valence-electron chi connectivity index (χ1n) is 8.58. The molecular formula is C21H23NO6. The van der Waals surface area contributed by atoms with Crippen molar-refractivity contribution in [3.63, 3.8) is 0 Å². The zero-order chi connectivity index (χ0) is 20.9. The van der Waals surface area contributed by atoms with E-state index in [-0.39, 0.29) is 12.2 Å². The zero-order valence-electron chi connectivity index (χ0n) is 16.2. The quantitative estimate of drug-likeness (QED) is 0.677. The van der Waals surface area contributed by atoms with Crippen LogP contribution in [0.25, 0.3) is 0 Å². The number of methoxy groups -OCH3 is 2. The highest BCUT2D eigenvalue weighted by molar-refractivity contribution is 5.95. The van der Waals surface area contributed by atoms with Crippen LogP contribution in [0.3, 0.4) is 0 Å². The van der Waals surface area contributed by atoms with Crippen molar-refractivity contribution >= 4 is 17.7 Å². The van der Waals surface area contributed by atoms with Crippen LogP contribution in [-0.4, -0.2) is 37.0 Å². The van der Waals surface area contributed by atoms with Crippen LogP contribution in [0.2, 0.25) is 0 Å². The predicted molar refractivity (Wildman–Crippen MR) is 103 cm³/mol. The predicted octanol–water partition coefficient (Wildman–Crippen LogP) is 2.57. The lowest BCUT2D eigenvalue weighted by Gasteiger charge is -2.27. The summed E-state index contributed by atoms with van der Waals surface area (Å²) in [5.74, 6) is -0.830. The van der Waals surface area contributed by atoms with Crippen molar-refractivity contribution in [1.29, 1.82) is 0 Å². The van der Waals surface area contributed by atoms with E-state index in [4.69, 9.17) is 9.47 Å². The first-order valence-corrected chi connectivity index (χ1v) is 8.58. The Morgan fingerprint density at radius 1 is 1.04 bits per heavy atom. The van der Waals surface area contributed by atoms with Crippen molar-refractivity contribution in [3.05, 3.63) is 59.2 Å². The molecule has 148 valence electrons. The van der Waals surface area contributed by atoms with Crippen molar-refractivity contribution in [1.82, 2.24) is 5.32 Å².